The van der Waals surface area contributed by atoms with E-state index in [1.807, 2.05) is 32.2 Å². The van der Waals surface area contributed by atoms with Crippen molar-refractivity contribution in [3.05, 3.63) is 23.9 Å². The number of hydrogen-bond donors (Lipinski definition) is 1. The van der Waals surface area contributed by atoms with Crippen LogP contribution in [-0.2, 0) is 11.3 Å². The van der Waals surface area contributed by atoms with Crippen molar-refractivity contribution in [3.63, 3.8) is 0 Å². The van der Waals surface area contributed by atoms with Gasteiger partial charge in [-0.05, 0) is 19.1 Å². The molecule has 1 N–H and O–H groups in total. The van der Waals surface area contributed by atoms with Gasteiger partial charge in [0.15, 0.2) is 0 Å². The molecule has 0 saturated heterocycles. The van der Waals surface area contributed by atoms with E-state index in [2.05, 4.69) is 10.3 Å². The Morgan fingerprint density at radius 2 is 2.33 bits per heavy atom. The van der Waals surface area contributed by atoms with Crippen molar-refractivity contribution >= 4 is 5.82 Å². The highest BCUT2D eigenvalue weighted by molar-refractivity contribution is 5.33. The average Bonchev–Trinajstić information content (AvgIpc) is 2.15. The summed E-state index contributed by atoms with van der Waals surface area (Å²) in [5.74, 6) is 0.882. The summed E-state index contributed by atoms with van der Waals surface area (Å²) in [7, 11) is 1.85. The minimum Gasteiger partial charge on any atom is -0.375 e. The van der Waals surface area contributed by atoms with Crippen LogP contribution in [0.4, 0.5) is 5.82 Å². The smallest absolute Gasteiger partial charge is 0.126 e. The van der Waals surface area contributed by atoms with Gasteiger partial charge in [0.25, 0.3) is 0 Å². The fourth-order valence-corrected chi connectivity index (χ4v) is 0.906. The van der Waals surface area contributed by atoms with Crippen LogP contribution in [0.25, 0.3) is 0 Å². The number of anilines is 1. The fraction of sp³-hybridized carbons (Fsp3) is 0.444. The van der Waals surface area contributed by atoms with E-state index in [9.17, 15) is 0 Å². The van der Waals surface area contributed by atoms with Crippen LogP contribution in [-0.4, -0.2) is 18.6 Å². The normalized spacial score (nSPS) is 9.83. The van der Waals surface area contributed by atoms with Crippen LogP contribution >= 0.6 is 0 Å². The van der Waals surface area contributed by atoms with Crippen LogP contribution in [0.2, 0.25) is 0 Å². The largest absolute Gasteiger partial charge is 0.375 e. The van der Waals surface area contributed by atoms with Gasteiger partial charge in [0.1, 0.15) is 5.82 Å². The molecule has 12 heavy (non-hydrogen) atoms. The molecule has 1 heterocycles. The summed E-state index contributed by atoms with van der Waals surface area (Å²) >= 11 is 0. The van der Waals surface area contributed by atoms with Crippen molar-refractivity contribution < 1.29 is 4.74 Å². The van der Waals surface area contributed by atoms with Crippen LogP contribution < -0.4 is 5.32 Å². The molecule has 0 aliphatic carbocycles. The Kier molecular flexibility index (Phi) is 3.54. The molecule has 0 amide bonds. The third-order valence-corrected chi connectivity index (χ3v) is 1.52. The zero-order valence-electron chi connectivity index (χ0n) is 7.50. The molecule has 1 rings (SSSR count). The number of hydrogen-bond acceptors (Lipinski definition) is 3. The predicted octanol–water partition coefficient (Wildman–Crippen LogP) is 1.66. The lowest BCUT2D eigenvalue weighted by molar-refractivity contribution is 0.131. The first-order chi connectivity index (χ1) is 5.86. The molecular weight excluding hydrogens is 152 g/mol. The highest BCUT2D eigenvalue weighted by Crippen LogP contribution is 2.04. The second-order valence-corrected chi connectivity index (χ2v) is 2.40. The summed E-state index contributed by atoms with van der Waals surface area (Å²) in [5, 5.41) is 2.98. The third-order valence-electron chi connectivity index (χ3n) is 1.52. The van der Waals surface area contributed by atoms with E-state index < -0.39 is 0 Å². The van der Waals surface area contributed by atoms with Crippen LogP contribution in [0.15, 0.2) is 18.2 Å². The topological polar surface area (TPSA) is 34.1 Å². The summed E-state index contributed by atoms with van der Waals surface area (Å²) in [6, 6.07) is 5.85. The molecule has 0 radical (unpaired) electrons. The summed E-state index contributed by atoms with van der Waals surface area (Å²) in [6.07, 6.45) is 0. The van der Waals surface area contributed by atoms with Gasteiger partial charge in [0.2, 0.25) is 0 Å². The first kappa shape index (κ1) is 9.00. The van der Waals surface area contributed by atoms with E-state index in [-0.39, 0.29) is 0 Å². The molecule has 0 aliphatic rings. The van der Waals surface area contributed by atoms with Crippen LogP contribution in [0.3, 0.4) is 0 Å². The van der Waals surface area contributed by atoms with Crippen LogP contribution in [0.1, 0.15) is 12.6 Å². The zero-order chi connectivity index (χ0) is 8.81. The molecule has 1 aromatic rings. The van der Waals surface area contributed by atoms with Crippen molar-refractivity contribution in [1.82, 2.24) is 4.98 Å². The Hall–Kier alpha value is -1.09. The Bertz CT molecular complexity index is 238. The minimum atomic E-state index is 0.589. The molecule has 0 fully saturated rings. The molecular formula is C9H14N2O. The first-order valence-electron chi connectivity index (χ1n) is 4.08. The number of rotatable bonds is 4. The van der Waals surface area contributed by atoms with Crippen molar-refractivity contribution in [1.29, 1.82) is 0 Å². The van der Waals surface area contributed by atoms with Crippen molar-refractivity contribution in [2.75, 3.05) is 19.0 Å². The van der Waals surface area contributed by atoms with E-state index in [4.69, 9.17) is 4.74 Å². The minimum absolute atomic E-state index is 0.589. The average molecular weight is 166 g/mol. The van der Waals surface area contributed by atoms with Gasteiger partial charge < -0.3 is 10.1 Å². The summed E-state index contributed by atoms with van der Waals surface area (Å²) in [5.41, 5.74) is 0.962. The lowest BCUT2D eigenvalue weighted by Gasteiger charge is -2.03. The third kappa shape index (κ3) is 2.51. The first-order valence-corrected chi connectivity index (χ1v) is 4.08. The SMILES string of the molecule is CCOCc1cccc(NC)n1. The number of nitrogens with one attached hydrogen (secondary N) is 1. The summed E-state index contributed by atoms with van der Waals surface area (Å²) in [4.78, 5) is 4.29. The lowest BCUT2D eigenvalue weighted by Crippen LogP contribution is -1.98. The maximum absolute atomic E-state index is 5.23. The Morgan fingerprint density at radius 3 is 3.00 bits per heavy atom. The Labute approximate surface area is 72.8 Å². The van der Waals surface area contributed by atoms with Gasteiger partial charge in [-0.2, -0.15) is 0 Å². The number of nitrogens with zero attached hydrogens (tertiary/aromatic N) is 1. The van der Waals surface area contributed by atoms with Gasteiger partial charge in [-0.1, -0.05) is 6.07 Å². The molecule has 1 aromatic heterocycles. The van der Waals surface area contributed by atoms with Crippen molar-refractivity contribution in [2.45, 2.75) is 13.5 Å². The van der Waals surface area contributed by atoms with Crippen molar-refractivity contribution in [2.24, 2.45) is 0 Å². The highest BCUT2D eigenvalue weighted by Gasteiger charge is 1.94. The van der Waals surface area contributed by atoms with Gasteiger partial charge in [-0.3, -0.25) is 0 Å². The summed E-state index contributed by atoms with van der Waals surface area (Å²) in [6.45, 7) is 3.29. The van der Waals surface area contributed by atoms with E-state index in [0.29, 0.717) is 6.61 Å². The van der Waals surface area contributed by atoms with Crippen LogP contribution in [0.5, 0.6) is 0 Å². The standard InChI is InChI=1S/C9H14N2O/c1-3-12-7-8-5-4-6-9(10-2)11-8/h4-6H,3,7H2,1-2H3,(H,10,11). The molecule has 0 spiro atoms. The molecule has 0 saturated carbocycles. The Morgan fingerprint density at radius 1 is 1.50 bits per heavy atom. The lowest BCUT2D eigenvalue weighted by atomic mass is 10.3. The summed E-state index contributed by atoms with van der Waals surface area (Å²) < 4.78 is 5.23. The molecule has 0 unspecified atom stereocenters. The molecule has 3 heteroatoms. The van der Waals surface area contributed by atoms with Gasteiger partial charge in [-0.15, -0.1) is 0 Å². The molecule has 3 nitrogen and oxygen atoms in total. The van der Waals surface area contributed by atoms with Gasteiger partial charge in [0.05, 0.1) is 12.3 Å². The fourth-order valence-electron chi connectivity index (χ4n) is 0.906. The number of aromatic nitrogens is 1. The van der Waals surface area contributed by atoms with Crippen LogP contribution in [0, 0.1) is 0 Å². The second kappa shape index (κ2) is 4.72. The number of pyridine rings is 1. The van der Waals surface area contributed by atoms with Crippen molar-refractivity contribution in [3.8, 4) is 0 Å². The molecule has 0 atom stereocenters. The maximum Gasteiger partial charge on any atom is 0.126 e. The second-order valence-electron chi connectivity index (χ2n) is 2.40. The van der Waals surface area contributed by atoms with E-state index in [1.165, 1.54) is 0 Å². The molecule has 66 valence electrons. The quantitative estimate of drug-likeness (QED) is 0.738. The zero-order valence-corrected chi connectivity index (χ0v) is 7.50. The predicted molar refractivity (Wildman–Crippen MR) is 49.1 cm³/mol. The monoisotopic (exact) mass is 166 g/mol. The Balaban J connectivity index is 2.60. The van der Waals surface area contributed by atoms with Gasteiger partial charge >= 0.3 is 0 Å². The van der Waals surface area contributed by atoms with E-state index in [0.717, 1.165) is 18.1 Å². The maximum atomic E-state index is 5.23. The molecule has 0 bridgehead atoms. The highest BCUT2D eigenvalue weighted by atomic mass is 16.5. The van der Waals surface area contributed by atoms with Gasteiger partial charge in [-0.25, -0.2) is 4.98 Å². The van der Waals surface area contributed by atoms with E-state index >= 15 is 0 Å². The molecule has 0 aliphatic heterocycles. The number of ether oxygens (including phenoxy) is 1. The van der Waals surface area contributed by atoms with Gasteiger partial charge in [0, 0.05) is 13.7 Å². The van der Waals surface area contributed by atoms with E-state index in [1.54, 1.807) is 0 Å². The molecule has 0 aromatic carbocycles.